The van der Waals surface area contributed by atoms with Gasteiger partial charge in [0.15, 0.2) is 0 Å². The number of hydrogen-bond acceptors (Lipinski definition) is 6. The highest BCUT2D eigenvalue weighted by molar-refractivity contribution is 6.28. The summed E-state index contributed by atoms with van der Waals surface area (Å²) in [6, 6.07) is 1.72. The van der Waals surface area contributed by atoms with E-state index in [2.05, 4.69) is 20.1 Å². The highest BCUT2D eigenvalue weighted by Gasteiger charge is 2.18. The van der Waals surface area contributed by atoms with Gasteiger partial charge < -0.3 is 10.6 Å². The van der Waals surface area contributed by atoms with Crippen LogP contribution in [0.15, 0.2) is 18.5 Å². The molecule has 9 heteroatoms. The minimum absolute atomic E-state index is 0.00342. The zero-order valence-electron chi connectivity index (χ0n) is 11.1. The second-order valence-corrected chi connectivity index (χ2v) is 4.68. The number of rotatable bonds is 5. The molecule has 0 aliphatic heterocycles. The topological polar surface area (TPSA) is 103 Å². The van der Waals surface area contributed by atoms with Gasteiger partial charge in [0.25, 0.3) is 5.95 Å². The van der Waals surface area contributed by atoms with Crippen molar-refractivity contribution in [2.75, 3.05) is 11.4 Å². The van der Waals surface area contributed by atoms with Crippen molar-refractivity contribution in [1.29, 1.82) is 0 Å². The number of anilines is 1. The summed E-state index contributed by atoms with van der Waals surface area (Å²) in [6.07, 6.45) is 3.28. The molecular weight excluding hydrogens is 282 g/mol. The van der Waals surface area contributed by atoms with Gasteiger partial charge in [-0.1, -0.05) is 0 Å². The molecule has 8 nitrogen and oxygen atoms in total. The van der Waals surface area contributed by atoms with E-state index < -0.39 is 5.91 Å². The Morgan fingerprint density at radius 3 is 2.75 bits per heavy atom. The van der Waals surface area contributed by atoms with E-state index in [1.807, 2.05) is 13.8 Å². The molecule has 1 amide bonds. The molecule has 0 aliphatic rings. The summed E-state index contributed by atoms with van der Waals surface area (Å²) in [5.41, 5.74) is 5.24. The highest BCUT2D eigenvalue weighted by Crippen LogP contribution is 2.15. The average molecular weight is 296 g/mol. The van der Waals surface area contributed by atoms with Crippen LogP contribution >= 0.6 is 11.6 Å². The number of nitrogens with zero attached hydrogens (tertiary/aromatic N) is 6. The van der Waals surface area contributed by atoms with Crippen LogP contribution in [-0.2, 0) is 4.79 Å². The number of carbonyl (C=O) groups excluding carboxylic acids is 1. The normalized spacial score (nSPS) is 10.8. The molecule has 2 aromatic rings. The molecule has 2 aromatic heterocycles. The molecule has 0 atom stereocenters. The van der Waals surface area contributed by atoms with Crippen molar-refractivity contribution < 1.29 is 4.79 Å². The molecule has 0 aliphatic carbocycles. The van der Waals surface area contributed by atoms with Gasteiger partial charge in [0.05, 0.1) is 6.54 Å². The lowest BCUT2D eigenvalue weighted by Gasteiger charge is -2.25. The van der Waals surface area contributed by atoms with Crippen molar-refractivity contribution in [1.82, 2.24) is 24.7 Å². The van der Waals surface area contributed by atoms with E-state index in [1.54, 1.807) is 23.4 Å². The molecule has 20 heavy (non-hydrogen) atoms. The van der Waals surface area contributed by atoms with Crippen LogP contribution in [-0.4, -0.2) is 43.2 Å². The van der Waals surface area contributed by atoms with Gasteiger partial charge in [-0.05, 0) is 31.5 Å². The number of amides is 1. The second-order valence-electron chi connectivity index (χ2n) is 4.34. The minimum atomic E-state index is -0.476. The smallest absolute Gasteiger partial charge is 0.256 e. The third-order valence-corrected chi connectivity index (χ3v) is 2.67. The molecule has 0 saturated carbocycles. The predicted molar refractivity (Wildman–Crippen MR) is 73.6 cm³/mol. The van der Waals surface area contributed by atoms with Crippen LogP contribution in [0.2, 0.25) is 5.28 Å². The lowest BCUT2D eigenvalue weighted by atomic mass is 10.3. The van der Waals surface area contributed by atoms with Crippen LogP contribution < -0.4 is 10.6 Å². The molecule has 2 N–H and O–H groups in total. The van der Waals surface area contributed by atoms with Crippen LogP contribution in [0.25, 0.3) is 5.95 Å². The van der Waals surface area contributed by atoms with Gasteiger partial charge >= 0.3 is 0 Å². The molecule has 0 bridgehead atoms. The Labute approximate surface area is 120 Å². The SMILES string of the molecule is CC(C)N(CC(N)=O)c1nc(Cl)nc(-n2cccn2)n1. The number of aromatic nitrogens is 5. The Hall–Kier alpha value is -2.22. The lowest BCUT2D eigenvalue weighted by Crippen LogP contribution is -2.40. The zero-order chi connectivity index (χ0) is 14.7. The minimum Gasteiger partial charge on any atom is -0.368 e. The van der Waals surface area contributed by atoms with E-state index in [4.69, 9.17) is 17.3 Å². The number of hydrogen-bond donors (Lipinski definition) is 1. The van der Waals surface area contributed by atoms with Crippen molar-refractivity contribution in [3.63, 3.8) is 0 Å². The fourth-order valence-electron chi connectivity index (χ4n) is 1.60. The highest BCUT2D eigenvalue weighted by atomic mass is 35.5. The Kier molecular flexibility index (Phi) is 4.14. The first-order valence-corrected chi connectivity index (χ1v) is 6.31. The molecule has 0 radical (unpaired) electrons. The summed E-state index contributed by atoms with van der Waals surface area (Å²) < 4.78 is 1.46. The average Bonchev–Trinajstić information content (AvgIpc) is 2.88. The van der Waals surface area contributed by atoms with Crippen molar-refractivity contribution in [2.24, 2.45) is 5.73 Å². The molecule has 0 unspecified atom stereocenters. The third-order valence-electron chi connectivity index (χ3n) is 2.50. The maximum Gasteiger partial charge on any atom is 0.256 e. The van der Waals surface area contributed by atoms with Crippen molar-refractivity contribution >= 4 is 23.5 Å². The van der Waals surface area contributed by atoms with E-state index in [9.17, 15) is 4.79 Å². The quantitative estimate of drug-likeness (QED) is 0.857. The maximum absolute atomic E-state index is 11.1. The molecular formula is C11H14ClN7O. The Morgan fingerprint density at radius 2 is 2.20 bits per heavy atom. The van der Waals surface area contributed by atoms with E-state index in [0.717, 1.165) is 0 Å². The Morgan fingerprint density at radius 1 is 1.45 bits per heavy atom. The number of carbonyl (C=O) groups is 1. The summed E-state index contributed by atoms with van der Waals surface area (Å²) in [5.74, 6) is 0.0836. The summed E-state index contributed by atoms with van der Waals surface area (Å²) in [6.45, 7) is 3.79. The Bertz CT molecular complexity index is 599. The van der Waals surface area contributed by atoms with Crippen LogP contribution in [0.5, 0.6) is 0 Å². The fraction of sp³-hybridized carbons (Fsp3) is 0.364. The summed E-state index contributed by atoms with van der Waals surface area (Å²) >= 11 is 5.91. The van der Waals surface area contributed by atoms with E-state index >= 15 is 0 Å². The van der Waals surface area contributed by atoms with Gasteiger partial charge in [-0.3, -0.25) is 4.79 Å². The van der Waals surface area contributed by atoms with Gasteiger partial charge in [-0.25, -0.2) is 4.68 Å². The van der Waals surface area contributed by atoms with Gasteiger partial charge in [-0.15, -0.1) is 0 Å². The summed E-state index contributed by atoms with van der Waals surface area (Å²) in [4.78, 5) is 25.1. The third kappa shape index (κ3) is 3.21. The number of nitrogens with two attached hydrogens (primary N) is 1. The van der Waals surface area contributed by atoms with Crippen molar-refractivity contribution in [2.45, 2.75) is 19.9 Å². The van der Waals surface area contributed by atoms with Crippen LogP contribution in [0.3, 0.4) is 0 Å². The molecule has 2 heterocycles. The molecule has 0 aromatic carbocycles. The van der Waals surface area contributed by atoms with Crippen molar-refractivity contribution in [3.8, 4) is 5.95 Å². The summed E-state index contributed by atoms with van der Waals surface area (Å²) in [7, 11) is 0. The first-order valence-electron chi connectivity index (χ1n) is 5.94. The monoisotopic (exact) mass is 295 g/mol. The van der Waals surface area contributed by atoms with E-state index in [0.29, 0.717) is 0 Å². The first kappa shape index (κ1) is 14.2. The predicted octanol–water partition coefficient (Wildman–Crippen LogP) is 0.411. The first-order chi connectivity index (χ1) is 9.47. The molecule has 2 rings (SSSR count). The van der Waals surface area contributed by atoms with Gasteiger partial charge in [-0.2, -0.15) is 20.1 Å². The zero-order valence-corrected chi connectivity index (χ0v) is 11.8. The maximum atomic E-state index is 11.1. The van der Waals surface area contributed by atoms with Crippen molar-refractivity contribution in [3.05, 3.63) is 23.7 Å². The van der Waals surface area contributed by atoms with Crippen LogP contribution in [0.4, 0.5) is 5.95 Å². The van der Waals surface area contributed by atoms with Gasteiger partial charge in [0.2, 0.25) is 17.1 Å². The van der Waals surface area contributed by atoms with Gasteiger partial charge in [0, 0.05) is 18.4 Å². The number of primary amides is 1. The van der Waals surface area contributed by atoms with E-state index in [1.165, 1.54) is 4.68 Å². The standard InChI is InChI=1S/C11H14ClN7O/c1-7(2)18(6-8(13)20)10-15-9(12)16-11(17-10)19-5-3-4-14-19/h3-5,7H,6H2,1-2H3,(H2,13,20). The van der Waals surface area contributed by atoms with Crippen LogP contribution in [0.1, 0.15) is 13.8 Å². The summed E-state index contributed by atoms with van der Waals surface area (Å²) in [5, 5.41) is 4.05. The molecule has 106 valence electrons. The Balaban J connectivity index is 2.42. The molecule has 0 saturated heterocycles. The van der Waals surface area contributed by atoms with Gasteiger partial charge in [0.1, 0.15) is 0 Å². The van der Waals surface area contributed by atoms with E-state index in [-0.39, 0.29) is 29.8 Å². The van der Waals surface area contributed by atoms with Crippen LogP contribution in [0, 0.1) is 0 Å². The molecule has 0 fully saturated rings. The molecule has 0 spiro atoms. The number of halogens is 1. The lowest BCUT2D eigenvalue weighted by molar-refractivity contribution is -0.116. The largest absolute Gasteiger partial charge is 0.368 e. The fourth-order valence-corrected chi connectivity index (χ4v) is 1.75. The second kappa shape index (κ2) is 5.83.